The summed E-state index contributed by atoms with van der Waals surface area (Å²) in [5, 5.41) is 14.9. The zero-order valence-corrected chi connectivity index (χ0v) is 13.8. The van der Waals surface area contributed by atoms with Gasteiger partial charge in [0.25, 0.3) is 0 Å². The van der Waals surface area contributed by atoms with Gasteiger partial charge in [0.2, 0.25) is 0 Å². The van der Waals surface area contributed by atoms with Crippen molar-refractivity contribution in [3.63, 3.8) is 0 Å². The first-order chi connectivity index (χ1) is 9.06. The van der Waals surface area contributed by atoms with E-state index >= 15 is 0 Å². The lowest BCUT2D eigenvalue weighted by Crippen LogP contribution is -2.60. The quantitative estimate of drug-likeness (QED) is 0.704. The summed E-state index contributed by atoms with van der Waals surface area (Å²) in [6.07, 6.45) is 5.52. The summed E-state index contributed by atoms with van der Waals surface area (Å²) in [6, 6.07) is -0.301. The number of carboxylic acids is 1. The molecule has 0 spiro atoms. The van der Waals surface area contributed by atoms with E-state index in [1.54, 1.807) is 39.5 Å². The second-order valence-electron chi connectivity index (χ2n) is 6.60. The number of carbonyl (C=O) groups is 2. The third-order valence-corrected chi connectivity index (χ3v) is 6.21. The van der Waals surface area contributed by atoms with Crippen molar-refractivity contribution in [2.75, 3.05) is 12.8 Å². The third-order valence-electron chi connectivity index (χ3n) is 4.79. The molecule has 0 atom stereocenters. The summed E-state index contributed by atoms with van der Waals surface area (Å²) in [5.41, 5.74) is -1.88. The van der Waals surface area contributed by atoms with Gasteiger partial charge in [0.15, 0.2) is 0 Å². The Kier molecular flexibility index (Phi) is 5.00. The Morgan fingerprint density at radius 1 is 1.25 bits per heavy atom. The van der Waals surface area contributed by atoms with E-state index in [0.717, 1.165) is 12.8 Å². The Bertz CT molecular complexity index is 384. The largest absolute Gasteiger partial charge is 0.481 e. The van der Waals surface area contributed by atoms with E-state index in [1.165, 1.54) is 6.42 Å². The molecule has 1 fully saturated rings. The Balaban J connectivity index is 2.55. The lowest BCUT2D eigenvalue weighted by atomic mass is 9.74. The predicted octanol–water partition coefficient (Wildman–Crippen LogP) is 2.46. The van der Waals surface area contributed by atoms with E-state index in [9.17, 15) is 14.7 Å². The van der Waals surface area contributed by atoms with Gasteiger partial charge in [-0.05, 0) is 46.8 Å². The molecule has 0 radical (unpaired) electrons. The van der Waals surface area contributed by atoms with E-state index in [-0.39, 0.29) is 10.8 Å². The molecular weight excluding hydrogens is 276 g/mol. The molecule has 2 amide bonds. The zero-order chi connectivity index (χ0) is 15.6. The Morgan fingerprint density at radius 3 is 2.15 bits per heavy atom. The molecule has 1 saturated carbocycles. The van der Waals surface area contributed by atoms with Gasteiger partial charge in [-0.1, -0.05) is 6.42 Å². The predicted molar refractivity (Wildman–Crippen MR) is 82.1 cm³/mol. The van der Waals surface area contributed by atoms with Gasteiger partial charge in [-0.3, -0.25) is 4.79 Å². The highest BCUT2D eigenvalue weighted by molar-refractivity contribution is 8.00. The number of nitrogens with one attached hydrogen (secondary N) is 2. The molecule has 5 nitrogen and oxygen atoms in total. The molecule has 20 heavy (non-hydrogen) atoms. The standard InChI is InChI=1S/C14H26N2O3S/c1-12(2,10(17)18)13(3,4)16-11(19)15-9-14(20-5)7-6-8-14/h6-9H2,1-5H3,(H,17,18)(H2,15,16,19). The van der Waals surface area contributed by atoms with Crippen molar-refractivity contribution < 1.29 is 14.7 Å². The molecule has 0 unspecified atom stereocenters. The fourth-order valence-corrected chi connectivity index (χ4v) is 2.93. The van der Waals surface area contributed by atoms with Crippen LogP contribution in [0.1, 0.15) is 47.0 Å². The van der Waals surface area contributed by atoms with E-state index in [2.05, 4.69) is 16.9 Å². The van der Waals surface area contributed by atoms with Crippen LogP contribution in [0.5, 0.6) is 0 Å². The molecule has 1 aliphatic carbocycles. The molecule has 0 aromatic carbocycles. The second-order valence-corrected chi connectivity index (χ2v) is 7.88. The van der Waals surface area contributed by atoms with Gasteiger partial charge in [0, 0.05) is 11.3 Å². The Hall–Kier alpha value is -0.910. The van der Waals surface area contributed by atoms with Crippen molar-refractivity contribution in [1.29, 1.82) is 0 Å². The molecule has 1 aliphatic rings. The molecule has 0 aliphatic heterocycles. The lowest BCUT2D eigenvalue weighted by Gasteiger charge is -2.42. The zero-order valence-electron chi connectivity index (χ0n) is 13.0. The number of carboxylic acid groups (broad SMARTS) is 1. The van der Waals surface area contributed by atoms with Crippen molar-refractivity contribution >= 4 is 23.8 Å². The molecule has 0 saturated heterocycles. The topological polar surface area (TPSA) is 78.4 Å². The lowest BCUT2D eigenvalue weighted by molar-refractivity contribution is -0.150. The van der Waals surface area contributed by atoms with E-state index in [4.69, 9.17) is 0 Å². The number of carbonyl (C=O) groups excluding carboxylic acids is 1. The van der Waals surface area contributed by atoms with Crippen molar-refractivity contribution in [1.82, 2.24) is 10.6 Å². The first kappa shape index (κ1) is 17.1. The summed E-state index contributed by atoms with van der Waals surface area (Å²) in [6.45, 7) is 7.32. The summed E-state index contributed by atoms with van der Waals surface area (Å²) in [4.78, 5) is 23.3. The number of aliphatic carboxylic acids is 1. The van der Waals surface area contributed by atoms with Crippen molar-refractivity contribution in [2.24, 2.45) is 5.41 Å². The van der Waals surface area contributed by atoms with Crippen LogP contribution in [0.3, 0.4) is 0 Å². The normalized spacial score (nSPS) is 18.1. The smallest absolute Gasteiger partial charge is 0.315 e. The maximum absolute atomic E-state index is 12.0. The molecule has 0 aromatic rings. The minimum absolute atomic E-state index is 0.170. The summed E-state index contributed by atoms with van der Waals surface area (Å²) < 4.78 is 0.170. The Morgan fingerprint density at radius 2 is 1.80 bits per heavy atom. The van der Waals surface area contributed by atoms with E-state index < -0.39 is 16.9 Å². The Labute approximate surface area is 125 Å². The average molecular weight is 302 g/mol. The fraction of sp³-hybridized carbons (Fsp3) is 0.857. The van der Waals surface area contributed by atoms with Crippen molar-refractivity contribution in [3.8, 4) is 0 Å². The summed E-state index contributed by atoms with van der Waals surface area (Å²) in [7, 11) is 0. The molecule has 0 bridgehead atoms. The van der Waals surface area contributed by atoms with Crippen LogP contribution in [-0.4, -0.2) is 40.2 Å². The van der Waals surface area contributed by atoms with Crippen LogP contribution in [0.15, 0.2) is 0 Å². The first-order valence-corrected chi connectivity index (χ1v) is 8.13. The van der Waals surface area contributed by atoms with Crippen molar-refractivity contribution in [3.05, 3.63) is 0 Å². The van der Waals surface area contributed by atoms with Crippen LogP contribution < -0.4 is 10.6 Å². The van der Waals surface area contributed by atoms with E-state index in [1.807, 2.05) is 0 Å². The second kappa shape index (κ2) is 5.84. The fourth-order valence-electron chi connectivity index (χ4n) is 2.02. The van der Waals surface area contributed by atoms with Gasteiger partial charge in [-0.25, -0.2) is 4.79 Å². The van der Waals surface area contributed by atoms with Crippen molar-refractivity contribution in [2.45, 2.75) is 57.2 Å². The number of thioether (sulfide) groups is 1. The molecule has 0 heterocycles. The average Bonchev–Trinajstić information content (AvgIpc) is 2.27. The molecular formula is C14H26N2O3S. The van der Waals surface area contributed by atoms with Crippen LogP contribution in [0.4, 0.5) is 4.79 Å². The molecule has 3 N–H and O–H groups in total. The molecule has 0 aromatic heterocycles. The summed E-state index contributed by atoms with van der Waals surface area (Å²) >= 11 is 1.79. The maximum Gasteiger partial charge on any atom is 0.315 e. The van der Waals surface area contributed by atoms with Crippen LogP contribution >= 0.6 is 11.8 Å². The SMILES string of the molecule is CSC1(CNC(=O)NC(C)(C)C(C)(C)C(=O)O)CCC1. The highest BCUT2D eigenvalue weighted by Crippen LogP contribution is 2.42. The minimum atomic E-state index is -1.04. The van der Waals surface area contributed by atoms with Gasteiger partial charge < -0.3 is 15.7 Å². The van der Waals surface area contributed by atoms with Gasteiger partial charge in [-0.15, -0.1) is 0 Å². The number of urea groups is 1. The number of amides is 2. The summed E-state index contributed by atoms with van der Waals surface area (Å²) in [5.74, 6) is -0.928. The van der Waals surface area contributed by atoms with Gasteiger partial charge in [-0.2, -0.15) is 11.8 Å². The molecule has 1 rings (SSSR count). The van der Waals surface area contributed by atoms with E-state index in [0.29, 0.717) is 6.54 Å². The van der Waals surface area contributed by atoms with Crippen LogP contribution in [0.25, 0.3) is 0 Å². The molecule has 6 heteroatoms. The van der Waals surface area contributed by atoms with Gasteiger partial charge >= 0.3 is 12.0 Å². The number of rotatable bonds is 6. The molecule has 116 valence electrons. The highest BCUT2D eigenvalue weighted by Gasteiger charge is 2.45. The van der Waals surface area contributed by atoms with Crippen LogP contribution in [0, 0.1) is 5.41 Å². The number of hydrogen-bond donors (Lipinski definition) is 3. The van der Waals surface area contributed by atoms with Gasteiger partial charge in [0.05, 0.1) is 11.0 Å². The number of hydrogen-bond acceptors (Lipinski definition) is 3. The highest BCUT2D eigenvalue weighted by atomic mass is 32.2. The monoisotopic (exact) mass is 302 g/mol. The van der Waals surface area contributed by atoms with Crippen LogP contribution in [-0.2, 0) is 4.79 Å². The first-order valence-electron chi connectivity index (χ1n) is 6.91. The maximum atomic E-state index is 12.0. The van der Waals surface area contributed by atoms with Crippen LogP contribution in [0.2, 0.25) is 0 Å². The third kappa shape index (κ3) is 3.40. The van der Waals surface area contributed by atoms with Gasteiger partial charge in [0.1, 0.15) is 0 Å². The minimum Gasteiger partial charge on any atom is -0.481 e.